The first-order valence-corrected chi connectivity index (χ1v) is 7.42. The molecule has 0 aliphatic rings. The molecule has 0 radical (unpaired) electrons. The minimum atomic E-state index is -0.0842. The molecule has 22 heavy (non-hydrogen) atoms. The topological polar surface area (TPSA) is 29.1 Å². The van der Waals surface area contributed by atoms with Crippen LogP contribution in [0.5, 0.6) is 0 Å². The van der Waals surface area contributed by atoms with Crippen molar-refractivity contribution in [2.75, 3.05) is 0 Å². The van der Waals surface area contributed by atoms with E-state index in [0.29, 0.717) is 6.54 Å². The zero-order valence-corrected chi connectivity index (χ0v) is 13.0. The SMILES string of the molecule is CC=CC=CC(=O)NCc1cccc(-c2cccc(C)c2)c1. The van der Waals surface area contributed by atoms with E-state index < -0.39 is 0 Å². The molecule has 0 unspecified atom stereocenters. The summed E-state index contributed by atoms with van der Waals surface area (Å²) < 4.78 is 0. The molecule has 1 N–H and O–H groups in total. The molecular weight excluding hydrogens is 270 g/mol. The largest absolute Gasteiger partial charge is 0.348 e. The third-order valence-electron chi connectivity index (χ3n) is 3.30. The first-order valence-electron chi connectivity index (χ1n) is 7.42. The van der Waals surface area contributed by atoms with Gasteiger partial charge in [-0.1, -0.05) is 66.3 Å². The molecular formula is C20H21NO. The monoisotopic (exact) mass is 291 g/mol. The lowest BCUT2D eigenvalue weighted by Crippen LogP contribution is -2.20. The number of benzene rings is 2. The van der Waals surface area contributed by atoms with Gasteiger partial charge < -0.3 is 5.32 Å². The Balaban J connectivity index is 2.04. The number of carbonyl (C=O) groups is 1. The Labute approximate surface area is 132 Å². The molecule has 0 saturated heterocycles. The summed E-state index contributed by atoms with van der Waals surface area (Å²) in [6.07, 6.45) is 6.98. The predicted octanol–water partition coefficient (Wildman–Crippen LogP) is 4.41. The van der Waals surface area contributed by atoms with Crippen LogP contribution in [0.3, 0.4) is 0 Å². The number of amides is 1. The van der Waals surface area contributed by atoms with Gasteiger partial charge in [0.15, 0.2) is 0 Å². The number of nitrogens with one attached hydrogen (secondary N) is 1. The van der Waals surface area contributed by atoms with Crippen molar-refractivity contribution in [3.05, 3.63) is 84.0 Å². The molecule has 1 amide bonds. The second kappa shape index (κ2) is 7.99. The average Bonchev–Trinajstić information content (AvgIpc) is 2.53. The standard InChI is InChI=1S/C20H21NO/c1-3-4-5-12-20(22)21-15-17-9-7-11-19(14-17)18-10-6-8-16(2)13-18/h3-14H,15H2,1-2H3,(H,21,22). The third-order valence-corrected chi connectivity index (χ3v) is 3.30. The summed E-state index contributed by atoms with van der Waals surface area (Å²) in [4.78, 5) is 11.7. The third kappa shape index (κ3) is 4.74. The van der Waals surface area contributed by atoms with Crippen molar-refractivity contribution in [3.63, 3.8) is 0 Å². The lowest BCUT2D eigenvalue weighted by Gasteiger charge is -2.07. The quantitative estimate of drug-likeness (QED) is 0.641. The molecule has 0 aromatic heterocycles. The Morgan fingerprint density at radius 3 is 2.50 bits per heavy atom. The smallest absolute Gasteiger partial charge is 0.244 e. The molecule has 2 heteroatoms. The predicted molar refractivity (Wildman–Crippen MR) is 92.4 cm³/mol. The summed E-state index contributed by atoms with van der Waals surface area (Å²) in [5, 5.41) is 2.89. The van der Waals surface area contributed by atoms with Crippen molar-refractivity contribution in [1.82, 2.24) is 5.32 Å². The van der Waals surface area contributed by atoms with Gasteiger partial charge in [-0.3, -0.25) is 4.79 Å². The maximum Gasteiger partial charge on any atom is 0.244 e. The molecule has 0 saturated carbocycles. The van der Waals surface area contributed by atoms with Crippen LogP contribution in [0.25, 0.3) is 11.1 Å². The van der Waals surface area contributed by atoms with Gasteiger partial charge in [-0.15, -0.1) is 0 Å². The van der Waals surface area contributed by atoms with E-state index in [2.05, 4.69) is 48.6 Å². The molecule has 0 spiro atoms. The van der Waals surface area contributed by atoms with Gasteiger partial charge in [-0.2, -0.15) is 0 Å². The molecule has 0 bridgehead atoms. The maximum atomic E-state index is 11.7. The molecule has 0 atom stereocenters. The van der Waals surface area contributed by atoms with E-state index in [-0.39, 0.29) is 5.91 Å². The second-order valence-electron chi connectivity index (χ2n) is 5.17. The number of hydrogen-bond acceptors (Lipinski definition) is 1. The zero-order valence-electron chi connectivity index (χ0n) is 13.0. The molecule has 0 heterocycles. The fourth-order valence-corrected chi connectivity index (χ4v) is 2.19. The van der Waals surface area contributed by atoms with Crippen LogP contribution in [0, 0.1) is 6.92 Å². The fourth-order valence-electron chi connectivity index (χ4n) is 2.19. The average molecular weight is 291 g/mol. The van der Waals surface area contributed by atoms with E-state index in [9.17, 15) is 4.79 Å². The first kappa shape index (κ1) is 15.8. The molecule has 2 nitrogen and oxygen atoms in total. The summed E-state index contributed by atoms with van der Waals surface area (Å²) in [5.74, 6) is -0.0842. The summed E-state index contributed by atoms with van der Waals surface area (Å²) in [7, 11) is 0. The van der Waals surface area contributed by atoms with Gasteiger partial charge in [-0.25, -0.2) is 0 Å². The first-order chi connectivity index (χ1) is 10.7. The Morgan fingerprint density at radius 1 is 1.05 bits per heavy atom. The number of rotatable bonds is 5. The molecule has 2 aromatic rings. The maximum absolute atomic E-state index is 11.7. The van der Waals surface area contributed by atoms with Crippen molar-refractivity contribution in [1.29, 1.82) is 0 Å². The van der Waals surface area contributed by atoms with E-state index in [4.69, 9.17) is 0 Å². The number of carbonyl (C=O) groups excluding carboxylic acids is 1. The second-order valence-corrected chi connectivity index (χ2v) is 5.17. The zero-order chi connectivity index (χ0) is 15.8. The van der Waals surface area contributed by atoms with Crippen molar-refractivity contribution in [2.45, 2.75) is 20.4 Å². The van der Waals surface area contributed by atoms with Gasteiger partial charge >= 0.3 is 0 Å². The number of allylic oxidation sites excluding steroid dienone is 3. The van der Waals surface area contributed by atoms with Gasteiger partial charge in [-0.05, 0) is 36.6 Å². The Bertz CT molecular complexity index is 698. The summed E-state index contributed by atoms with van der Waals surface area (Å²) in [5.41, 5.74) is 4.69. The Kier molecular flexibility index (Phi) is 5.73. The van der Waals surface area contributed by atoms with E-state index in [1.54, 1.807) is 6.08 Å². The highest BCUT2D eigenvalue weighted by Crippen LogP contribution is 2.21. The van der Waals surface area contributed by atoms with Gasteiger partial charge in [0.2, 0.25) is 5.91 Å². The van der Waals surface area contributed by atoms with E-state index >= 15 is 0 Å². The highest BCUT2D eigenvalue weighted by atomic mass is 16.1. The van der Waals surface area contributed by atoms with Gasteiger partial charge in [0.1, 0.15) is 0 Å². The highest BCUT2D eigenvalue weighted by Gasteiger charge is 2.01. The van der Waals surface area contributed by atoms with Crippen molar-refractivity contribution in [2.24, 2.45) is 0 Å². The highest BCUT2D eigenvalue weighted by molar-refractivity contribution is 5.87. The van der Waals surface area contributed by atoms with E-state index in [1.165, 1.54) is 22.8 Å². The van der Waals surface area contributed by atoms with Gasteiger partial charge in [0, 0.05) is 12.6 Å². The fraction of sp³-hybridized carbons (Fsp3) is 0.150. The van der Waals surface area contributed by atoms with Crippen LogP contribution in [-0.2, 0) is 11.3 Å². The molecule has 0 aliphatic heterocycles. The van der Waals surface area contributed by atoms with Crippen LogP contribution < -0.4 is 5.32 Å². The number of aryl methyl sites for hydroxylation is 1. The van der Waals surface area contributed by atoms with Gasteiger partial charge in [0.05, 0.1) is 0 Å². The van der Waals surface area contributed by atoms with Crippen LogP contribution >= 0.6 is 0 Å². The van der Waals surface area contributed by atoms with Crippen LogP contribution in [-0.4, -0.2) is 5.91 Å². The summed E-state index contributed by atoms with van der Waals surface area (Å²) in [6.45, 7) is 4.53. The van der Waals surface area contributed by atoms with Crippen LogP contribution in [0.1, 0.15) is 18.1 Å². The van der Waals surface area contributed by atoms with Crippen molar-refractivity contribution >= 4 is 5.91 Å². The van der Waals surface area contributed by atoms with E-state index in [0.717, 1.165) is 5.56 Å². The van der Waals surface area contributed by atoms with Gasteiger partial charge in [0.25, 0.3) is 0 Å². The Morgan fingerprint density at radius 2 is 1.77 bits per heavy atom. The van der Waals surface area contributed by atoms with Crippen LogP contribution in [0.4, 0.5) is 0 Å². The lowest BCUT2D eigenvalue weighted by molar-refractivity contribution is -0.116. The number of hydrogen-bond donors (Lipinski definition) is 1. The summed E-state index contributed by atoms with van der Waals surface area (Å²) >= 11 is 0. The molecule has 0 fully saturated rings. The van der Waals surface area contributed by atoms with Crippen molar-refractivity contribution in [3.8, 4) is 11.1 Å². The van der Waals surface area contributed by atoms with Crippen LogP contribution in [0.2, 0.25) is 0 Å². The normalized spacial score (nSPS) is 11.2. The minimum absolute atomic E-state index is 0.0842. The molecule has 112 valence electrons. The van der Waals surface area contributed by atoms with Crippen molar-refractivity contribution < 1.29 is 4.79 Å². The van der Waals surface area contributed by atoms with E-state index in [1.807, 2.05) is 31.2 Å². The molecule has 2 rings (SSSR count). The van der Waals surface area contributed by atoms with Crippen LogP contribution in [0.15, 0.2) is 72.8 Å². The lowest BCUT2D eigenvalue weighted by atomic mass is 10.0. The molecule has 2 aromatic carbocycles. The Hall–Kier alpha value is -2.61. The molecule has 0 aliphatic carbocycles. The summed E-state index contributed by atoms with van der Waals surface area (Å²) in [6, 6.07) is 16.7. The minimum Gasteiger partial charge on any atom is -0.348 e.